The molecule has 2 aromatic rings. The fourth-order valence-electron chi connectivity index (χ4n) is 2.89. The molecule has 0 atom stereocenters. The Kier molecular flexibility index (Phi) is 5.04. The molecule has 2 heterocycles. The van der Waals surface area contributed by atoms with E-state index in [1.54, 1.807) is 23.1 Å². The first-order valence-electron chi connectivity index (χ1n) is 11.2. The topological polar surface area (TPSA) is 34.6 Å². The average molecular weight is 424 g/mol. The first-order chi connectivity index (χ1) is 14.7. The smallest absolute Gasteiger partial charge is 0.192 e. The second-order valence-corrected chi connectivity index (χ2v) is 13.8. The molecule has 1 aliphatic rings. The van der Waals surface area contributed by atoms with Crippen LogP contribution in [-0.4, -0.2) is 39.5 Å². The fourth-order valence-corrected chi connectivity index (χ4v) is 3.83. The van der Waals surface area contributed by atoms with Gasteiger partial charge >= 0.3 is 0 Å². The number of hydrogen-bond acceptors (Lipinski definition) is 4. The molecule has 0 N–H and O–H groups in total. The SMILES string of the molecule is [2H]C([2H])([2H])OC1CN(c2ncc(-c3cccc(CO[Si](C)(C)C(C)(C)C)c3F)cc2F)C1. The van der Waals surface area contributed by atoms with Crippen LogP contribution in [0.5, 0.6) is 0 Å². The standard InChI is InChI=1S/C22H30F2N2O2Si/c1-22(2,3)29(5,6)28-14-15-8-7-9-18(20(15)24)16-10-19(23)21(25-11-16)26-12-17(13-26)27-4/h7-11,17H,12-14H2,1-6H3/i4D3. The number of anilines is 1. The van der Waals surface area contributed by atoms with E-state index in [1.165, 1.54) is 12.3 Å². The van der Waals surface area contributed by atoms with Crippen LogP contribution in [0.3, 0.4) is 0 Å². The zero-order chi connectivity index (χ0) is 23.9. The number of benzene rings is 1. The first-order valence-corrected chi connectivity index (χ1v) is 12.6. The van der Waals surface area contributed by atoms with E-state index in [0.29, 0.717) is 11.1 Å². The molecule has 7 heteroatoms. The molecule has 1 aliphatic heterocycles. The molecule has 0 amide bonds. The normalized spacial score (nSPS) is 17.5. The van der Waals surface area contributed by atoms with Gasteiger partial charge in [0.25, 0.3) is 0 Å². The second-order valence-electron chi connectivity index (χ2n) is 9.00. The predicted octanol–water partition coefficient (Wildman–Crippen LogP) is 5.38. The quantitative estimate of drug-likeness (QED) is 0.584. The molecule has 0 saturated carbocycles. The van der Waals surface area contributed by atoms with Crippen LogP contribution in [0.1, 0.15) is 30.4 Å². The van der Waals surface area contributed by atoms with Crippen molar-refractivity contribution in [3.63, 3.8) is 0 Å². The number of halogens is 2. The molecule has 1 aromatic carbocycles. The van der Waals surface area contributed by atoms with Gasteiger partial charge in [-0.15, -0.1) is 0 Å². The monoisotopic (exact) mass is 423 g/mol. The predicted molar refractivity (Wildman–Crippen MR) is 115 cm³/mol. The molecule has 1 fully saturated rings. The lowest BCUT2D eigenvalue weighted by Crippen LogP contribution is -2.52. The van der Waals surface area contributed by atoms with Crippen LogP contribution in [0.25, 0.3) is 11.1 Å². The van der Waals surface area contributed by atoms with E-state index in [9.17, 15) is 4.39 Å². The number of aromatic nitrogens is 1. The number of pyridine rings is 1. The van der Waals surface area contributed by atoms with E-state index in [1.807, 2.05) is 0 Å². The van der Waals surface area contributed by atoms with Crippen molar-refractivity contribution in [2.24, 2.45) is 0 Å². The summed E-state index contributed by atoms with van der Waals surface area (Å²) >= 11 is 0. The number of ether oxygens (including phenoxy) is 1. The lowest BCUT2D eigenvalue weighted by Gasteiger charge is -2.39. The van der Waals surface area contributed by atoms with Crippen molar-refractivity contribution in [2.45, 2.75) is 51.6 Å². The number of methoxy groups -OCH3 is 1. The molecule has 1 saturated heterocycles. The fraction of sp³-hybridized carbons (Fsp3) is 0.500. The molecule has 29 heavy (non-hydrogen) atoms. The number of nitrogens with zero attached hydrogens (tertiary/aromatic N) is 2. The van der Waals surface area contributed by atoms with Gasteiger partial charge in [-0.25, -0.2) is 13.8 Å². The van der Waals surface area contributed by atoms with Crippen LogP contribution in [0.15, 0.2) is 30.5 Å². The summed E-state index contributed by atoms with van der Waals surface area (Å²) in [4.78, 5) is 5.75. The zero-order valence-corrected chi connectivity index (χ0v) is 18.6. The summed E-state index contributed by atoms with van der Waals surface area (Å²) in [5, 5.41) is 0.00830. The summed E-state index contributed by atoms with van der Waals surface area (Å²) in [6.07, 6.45) is 0.922. The van der Waals surface area contributed by atoms with E-state index >= 15 is 4.39 Å². The molecule has 1 aromatic heterocycles. The van der Waals surface area contributed by atoms with Gasteiger partial charge in [-0.05, 0) is 24.2 Å². The van der Waals surface area contributed by atoms with E-state index in [-0.39, 0.29) is 36.1 Å². The van der Waals surface area contributed by atoms with Crippen LogP contribution in [0.4, 0.5) is 14.6 Å². The molecule has 158 valence electrons. The van der Waals surface area contributed by atoms with Gasteiger partial charge in [0.05, 0.1) is 16.8 Å². The molecule has 0 bridgehead atoms. The lowest BCUT2D eigenvalue weighted by molar-refractivity contribution is 0.0779. The Balaban J connectivity index is 1.74. The van der Waals surface area contributed by atoms with Crippen LogP contribution < -0.4 is 4.90 Å². The maximum Gasteiger partial charge on any atom is 0.192 e. The van der Waals surface area contributed by atoms with Crippen LogP contribution in [-0.2, 0) is 15.8 Å². The van der Waals surface area contributed by atoms with Gasteiger partial charge in [0.1, 0.15) is 5.82 Å². The van der Waals surface area contributed by atoms with E-state index in [2.05, 4.69) is 38.8 Å². The highest BCUT2D eigenvalue weighted by Crippen LogP contribution is 2.37. The Labute approximate surface area is 177 Å². The minimum atomic E-state index is -2.48. The van der Waals surface area contributed by atoms with Crippen molar-refractivity contribution in [3.05, 3.63) is 47.7 Å². The van der Waals surface area contributed by atoms with E-state index in [0.717, 1.165) is 0 Å². The summed E-state index contributed by atoms with van der Waals surface area (Å²) in [5.41, 5.74) is 1.00. The molecule has 0 aliphatic carbocycles. The van der Waals surface area contributed by atoms with Crippen molar-refractivity contribution in [1.29, 1.82) is 0 Å². The van der Waals surface area contributed by atoms with Gasteiger partial charge in [-0.3, -0.25) is 0 Å². The number of rotatable bonds is 6. The second kappa shape index (κ2) is 8.12. The van der Waals surface area contributed by atoms with Crippen molar-refractivity contribution in [2.75, 3.05) is 25.0 Å². The molecule has 4 nitrogen and oxygen atoms in total. The zero-order valence-electron chi connectivity index (χ0n) is 20.6. The highest BCUT2D eigenvalue weighted by Gasteiger charge is 2.37. The van der Waals surface area contributed by atoms with Crippen molar-refractivity contribution < 1.29 is 22.1 Å². The lowest BCUT2D eigenvalue weighted by atomic mass is 10.0. The molecule has 0 radical (unpaired) electrons. The summed E-state index contributed by atoms with van der Waals surface area (Å²) in [7, 11) is -4.53. The van der Waals surface area contributed by atoms with Crippen molar-refractivity contribution in [1.82, 2.24) is 4.98 Å². The third-order valence-electron chi connectivity index (χ3n) is 5.92. The summed E-state index contributed by atoms with van der Waals surface area (Å²) in [6.45, 7) is 11.2. The maximum atomic E-state index is 15.2. The molecule has 0 unspecified atom stereocenters. The van der Waals surface area contributed by atoms with Gasteiger partial charge in [0.2, 0.25) is 0 Å². The van der Waals surface area contributed by atoms with Crippen molar-refractivity contribution >= 4 is 14.1 Å². The van der Waals surface area contributed by atoms with E-state index in [4.69, 9.17) is 13.3 Å². The Morgan fingerprint density at radius 3 is 2.62 bits per heavy atom. The third-order valence-corrected chi connectivity index (χ3v) is 10.4. The third kappa shape index (κ3) is 4.52. The summed E-state index contributed by atoms with van der Waals surface area (Å²) < 4.78 is 62.4. The summed E-state index contributed by atoms with van der Waals surface area (Å²) in [6, 6.07) is 6.23. The van der Waals surface area contributed by atoms with Gasteiger partial charge in [0, 0.05) is 43.0 Å². The van der Waals surface area contributed by atoms with Crippen LogP contribution in [0, 0.1) is 11.6 Å². The first kappa shape index (κ1) is 18.0. The Hall–Kier alpha value is -1.83. The summed E-state index contributed by atoms with van der Waals surface area (Å²) in [5.74, 6) is -0.954. The Morgan fingerprint density at radius 1 is 1.28 bits per heavy atom. The highest BCUT2D eigenvalue weighted by molar-refractivity contribution is 6.74. The Morgan fingerprint density at radius 2 is 2.00 bits per heavy atom. The molecule has 0 spiro atoms. The van der Waals surface area contributed by atoms with Gasteiger partial charge in [-0.1, -0.05) is 39.0 Å². The highest BCUT2D eigenvalue weighted by atomic mass is 28.4. The minimum absolute atomic E-state index is 0.00830. The molecular formula is C22H30F2N2O2Si. The maximum absolute atomic E-state index is 15.2. The van der Waals surface area contributed by atoms with Crippen molar-refractivity contribution in [3.8, 4) is 11.1 Å². The van der Waals surface area contributed by atoms with Gasteiger partial charge in [-0.2, -0.15) is 0 Å². The molecule has 3 rings (SSSR count). The number of hydrogen-bond donors (Lipinski definition) is 0. The van der Waals surface area contributed by atoms with Gasteiger partial charge < -0.3 is 14.1 Å². The van der Waals surface area contributed by atoms with E-state index < -0.39 is 33.1 Å². The van der Waals surface area contributed by atoms with Crippen LogP contribution >= 0.6 is 0 Å². The average Bonchev–Trinajstić information content (AvgIpc) is 2.62. The Bertz CT molecular complexity index is 975. The minimum Gasteiger partial charge on any atom is -0.412 e. The van der Waals surface area contributed by atoms with Gasteiger partial charge in [0.15, 0.2) is 20.0 Å². The molecular weight excluding hydrogens is 390 g/mol. The van der Waals surface area contributed by atoms with Crippen LogP contribution in [0.2, 0.25) is 18.1 Å². The largest absolute Gasteiger partial charge is 0.412 e.